The molecular weight excluding hydrogens is 714 g/mol. The van der Waals surface area contributed by atoms with Gasteiger partial charge >= 0.3 is 18.0 Å². The van der Waals surface area contributed by atoms with Gasteiger partial charge in [0, 0.05) is 31.1 Å². The molecule has 0 radical (unpaired) electrons. The number of H-pyrrole nitrogens is 1. The largest absolute Gasteiger partial charge is 0.406 e. The molecule has 51 heavy (non-hydrogen) atoms. The van der Waals surface area contributed by atoms with E-state index in [4.69, 9.17) is 9.84 Å². The van der Waals surface area contributed by atoms with Gasteiger partial charge in [0.1, 0.15) is 18.2 Å². The molecule has 1 fully saturated rings. The lowest BCUT2D eigenvalue weighted by atomic mass is 9.79. The van der Waals surface area contributed by atoms with E-state index in [2.05, 4.69) is 25.3 Å². The first-order valence-electron chi connectivity index (χ1n) is 15.3. The zero-order valence-corrected chi connectivity index (χ0v) is 27.4. The lowest BCUT2D eigenvalue weighted by molar-refractivity contribution is -0.202. The van der Waals surface area contributed by atoms with E-state index in [-0.39, 0.29) is 64.9 Å². The fourth-order valence-electron chi connectivity index (χ4n) is 5.28. The molecule has 0 spiro atoms. The molecule has 14 nitrogen and oxygen atoms in total. The number of nitrogens with zero attached hydrogens (tertiary/aromatic N) is 6. The number of thioether (sulfide) groups is 1. The Morgan fingerprint density at radius 1 is 1.08 bits per heavy atom. The molecule has 4 aromatic heterocycles. The van der Waals surface area contributed by atoms with Gasteiger partial charge in [-0.15, -0.1) is 0 Å². The second-order valence-corrected chi connectivity index (χ2v) is 12.4. The molecule has 2 amide bonds. The number of carbonyl (C=O) groups is 2. The number of anilines is 2. The molecule has 1 aliphatic carbocycles. The van der Waals surface area contributed by atoms with Gasteiger partial charge in [0.2, 0.25) is 5.91 Å². The third-order valence-corrected chi connectivity index (χ3v) is 8.73. The number of pyridine rings is 2. The van der Waals surface area contributed by atoms with Crippen molar-refractivity contribution >= 4 is 46.4 Å². The van der Waals surface area contributed by atoms with E-state index >= 15 is 0 Å². The van der Waals surface area contributed by atoms with Crippen LogP contribution in [0.2, 0.25) is 0 Å². The Balaban J connectivity index is 1.35. The van der Waals surface area contributed by atoms with Crippen LogP contribution in [0.5, 0.6) is 0 Å². The van der Waals surface area contributed by atoms with Crippen molar-refractivity contribution < 1.29 is 45.8 Å². The number of aromatic amines is 1. The summed E-state index contributed by atoms with van der Waals surface area (Å²) in [7, 11) is 0. The third kappa shape index (κ3) is 8.95. The number of rotatable bonds is 13. The number of nitrogens with one attached hydrogen (secondary N) is 2. The van der Waals surface area contributed by atoms with Crippen LogP contribution in [0.3, 0.4) is 0 Å². The Hall–Kier alpha value is -4.76. The van der Waals surface area contributed by atoms with Gasteiger partial charge in [0.25, 0.3) is 11.5 Å². The Morgan fingerprint density at radius 2 is 1.82 bits per heavy atom. The summed E-state index contributed by atoms with van der Waals surface area (Å²) in [6.45, 7) is -0.587. The van der Waals surface area contributed by atoms with Gasteiger partial charge in [0.15, 0.2) is 16.3 Å². The van der Waals surface area contributed by atoms with Crippen molar-refractivity contribution in [1.29, 1.82) is 0 Å². The van der Waals surface area contributed by atoms with Gasteiger partial charge in [-0.1, -0.05) is 17.8 Å². The molecule has 1 saturated carbocycles. The third-order valence-electron chi connectivity index (χ3n) is 7.78. The number of aliphatic hydroxyl groups excluding tert-OH is 1. The molecule has 21 heteroatoms. The molecule has 0 atom stereocenters. The van der Waals surface area contributed by atoms with Gasteiger partial charge in [-0.3, -0.25) is 28.4 Å². The van der Waals surface area contributed by atoms with Crippen LogP contribution >= 0.6 is 11.8 Å². The summed E-state index contributed by atoms with van der Waals surface area (Å²) in [6.07, 6.45) is -7.99. The number of aliphatic hydroxyl groups is 1. The number of hydrogen-bond donors (Lipinski definition) is 3. The zero-order chi connectivity index (χ0) is 37.1. The Kier molecular flexibility index (Phi) is 11.2. The highest BCUT2D eigenvalue weighted by atomic mass is 32.2. The van der Waals surface area contributed by atoms with Crippen LogP contribution in [0.15, 0.2) is 51.4 Å². The number of halogens is 6. The minimum Gasteiger partial charge on any atom is -0.394 e. The summed E-state index contributed by atoms with van der Waals surface area (Å²) in [5.41, 5.74) is -2.78. The monoisotopic (exact) mass is 744 g/mol. The first-order chi connectivity index (χ1) is 24.1. The molecular formula is C30H30F6N8O6S. The molecule has 0 saturated heterocycles. The maximum absolute atomic E-state index is 13.5. The highest BCUT2D eigenvalue weighted by molar-refractivity contribution is 7.98. The van der Waals surface area contributed by atoms with E-state index < -0.39 is 72.0 Å². The lowest BCUT2D eigenvalue weighted by Gasteiger charge is -2.37. The lowest BCUT2D eigenvalue weighted by Crippen LogP contribution is -2.49. The van der Waals surface area contributed by atoms with E-state index in [9.17, 15) is 45.5 Å². The molecule has 4 heterocycles. The van der Waals surface area contributed by atoms with Crippen LogP contribution < -0.4 is 21.5 Å². The Morgan fingerprint density at radius 3 is 2.41 bits per heavy atom. The van der Waals surface area contributed by atoms with Crippen molar-refractivity contribution in [2.24, 2.45) is 5.92 Å². The predicted molar refractivity (Wildman–Crippen MR) is 170 cm³/mol. The Bertz CT molecular complexity index is 1990. The zero-order valence-electron chi connectivity index (χ0n) is 26.6. The summed E-state index contributed by atoms with van der Waals surface area (Å²) < 4.78 is 85.6. The summed E-state index contributed by atoms with van der Waals surface area (Å²) in [5.74, 6) is -2.04. The smallest absolute Gasteiger partial charge is 0.394 e. The maximum atomic E-state index is 13.5. The van der Waals surface area contributed by atoms with Crippen molar-refractivity contribution in [3.8, 4) is 0 Å². The number of fused-ring (bicyclic) bond motifs is 1. The van der Waals surface area contributed by atoms with Crippen LogP contribution in [0.1, 0.15) is 41.7 Å². The predicted octanol–water partition coefficient (Wildman–Crippen LogP) is 3.66. The fourth-order valence-corrected chi connectivity index (χ4v) is 6.08. The molecule has 5 rings (SSSR count). The Labute approximate surface area is 287 Å². The maximum Gasteiger partial charge on any atom is 0.406 e. The molecule has 274 valence electrons. The van der Waals surface area contributed by atoms with Gasteiger partial charge in [0.05, 0.1) is 37.8 Å². The summed E-state index contributed by atoms with van der Waals surface area (Å²) in [4.78, 5) is 67.3. The van der Waals surface area contributed by atoms with Crippen molar-refractivity contribution in [2.75, 3.05) is 36.6 Å². The average Bonchev–Trinajstić information content (AvgIpc) is 3.47. The van der Waals surface area contributed by atoms with Crippen molar-refractivity contribution in [3.05, 3.63) is 68.6 Å². The molecule has 4 aromatic rings. The standard InChI is InChI=1S/C30H30F6N8O6S/c1-16(46)39-21-4-3-18(13-37-21)25(47)42(6-8-50-9-7-45)22-5-2-17(12-38-22)14-51-27-40-23-24(41-27)43(15-29(31,32)33)28(49)44(26(23)48)20-10-19(11-20)30(34,35)36/h2-5,12-13,19-20,45H,6-11,14-15H2,1H3,(H,40,41)(H,37,39,46). The summed E-state index contributed by atoms with van der Waals surface area (Å²) in [5, 5.41) is 11.5. The normalized spacial score (nSPS) is 16.2. The minimum atomic E-state index is -4.90. The number of aromatic nitrogens is 6. The van der Waals surface area contributed by atoms with Crippen LogP contribution in [-0.2, 0) is 21.8 Å². The minimum absolute atomic E-state index is 0.0333. The van der Waals surface area contributed by atoms with Gasteiger partial charge < -0.3 is 20.1 Å². The highest BCUT2D eigenvalue weighted by Crippen LogP contribution is 2.46. The summed E-state index contributed by atoms with van der Waals surface area (Å²) in [6, 6.07) is 4.84. The van der Waals surface area contributed by atoms with Crippen LogP contribution in [0.4, 0.5) is 38.0 Å². The van der Waals surface area contributed by atoms with E-state index in [1.54, 1.807) is 6.07 Å². The first kappa shape index (κ1) is 37.5. The van der Waals surface area contributed by atoms with E-state index in [1.807, 2.05) is 0 Å². The van der Waals surface area contributed by atoms with Crippen LogP contribution in [0, 0.1) is 5.92 Å². The average molecular weight is 745 g/mol. The van der Waals surface area contributed by atoms with Gasteiger partial charge in [-0.25, -0.2) is 19.7 Å². The van der Waals surface area contributed by atoms with Crippen molar-refractivity contribution in [3.63, 3.8) is 0 Å². The summed E-state index contributed by atoms with van der Waals surface area (Å²) >= 11 is 0.958. The second kappa shape index (κ2) is 15.2. The molecule has 0 unspecified atom stereocenters. The van der Waals surface area contributed by atoms with Crippen molar-refractivity contribution in [2.45, 2.75) is 55.6 Å². The van der Waals surface area contributed by atoms with E-state index in [1.165, 1.54) is 42.4 Å². The molecule has 0 aliphatic heterocycles. The topological polar surface area (TPSA) is 177 Å². The number of carbonyl (C=O) groups excluding carboxylic acids is 2. The SMILES string of the molecule is CC(=O)Nc1ccc(C(=O)N(CCOCCO)c2ccc(CSc3nc4c([nH]3)c(=O)n(C3CC(C(F)(F)F)C3)c(=O)n4CC(F)(F)F)cn2)cn1. The second-order valence-electron chi connectivity index (χ2n) is 11.5. The van der Waals surface area contributed by atoms with E-state index in [0.29, 0.717) is 10.1 Å². The number of amides is 2. The highest BCUT2D eigenvalue weighted by Gasteiger charge is 2.49. The van der Waals surface area contributed by atoms with Crippen LogP contribution in [-0.4, -0.2) is 84.7 Å². The molecule has 0 bridgehead atoms. The first-order valence-corrected chi connectivity index (χ1v) is 16.2. The van der Waals surface area contributed by atoms with Crippen LogP contribution in [0.25, 0.3) is 11.2 Å². The number of imidazole rings is 1. The van der Waals surface area contributed by atoms with Gasteiger partial charge in [-0.05, 0) is 36.6 Å². The molecule has 0 aromatic carbocycles. The molecule has 1 aliphatic rings. The number of ether oxygens (including phenoxy) is 1. The quantitative estimate of drug-likeness (QED) is 0.104. The fraction of sp³-hybridized carbons (Fsp3) is 0.433. The van der Waals surface area contributed by atoms with Crippen molar-refractivity contribution in [1.82, 2.24) is 29.1 Å². The number of hydrogen-bond acceptors (Lipinski definition) is 10. The number of alkyl halides is 6. The molecule has 3 N–H and O–H groups in total. The van der Waals surface area contributed by atoms with Gasteiger partial charge in [-0.2, -0.15) is 26.3 Å². The van der Waals surface area contributed by atoms with E-state index in [0.717, 1.165) is 11.8 Å².